The smallest absolute Gasteiger partial charge is 0.0405 e. The first-order valence-corrected chi connectivity index (χ1v) is 7.16. The molecule has 0 saturated carbocycles. The van der Waals surface area contributed by atoms with E-state index >= 15 is 0 Å². The van der Waals surface area contributed by atoms with Crippen LogP contribution in [0.1, 0.15) is 24.8 Å². The molecule has 1 fully saturated rings. The highest BCUT2D eigenvalue weighted by Crippen LogP contribution is 2.29. The zero-order valence-electron chi connectivity index (χ0n) is 10.7. The maximum atomic E-state index is 3.69. The molecule has 1 atom stereocenters. The van der Waals surface area contributed by atoms with Gasteiger partial charge in [0.2, 0.25) is 0 Å². The fraction of sp³-hybridized carbons (Fsp3) is 0.571. The van der Waals surface area contributed by atoms with E-state index in [0.29, 0.717) is 6.04 Å². The Balaban J connectivity index is 2.18. The molecule has 2 nitrogen and oxygen atoms in total. The minimum Gasteiger partial charge on any atom is -0.377 e. The second kappa shape index (κ2) is 5.87. The van der Waals surface area contributed by atoms with E-state index in [0.717, 1.165) is 6.42 Å². The van der Waals surface area contributed by atoms with E-state index in [1.807, 2.05) is 0 Å². The van der Waals surface area contributed by atoms with Gasteiger partial charge in [0, 0.05) is 30.3 Å². The Hall–Kier alpha value is -0.540. The fourth-order valence-corrected chi connectivity index (χ4v) is 3.03. The van der Waals surface area contributed by atoms with Crippen LogP contribution in [0, 0.1) is 0 Å². The normalized spacial score (nSPS) is 20.3. The van der Waals surface area contributed by atoms with Crippen molar-refractivity contribution in [3.05, 3.63) is 28.2 Å². The van der Waals surface area contributed by atoms with Crippen LogP contribution in [0.25, 0.3) is 0 Å². The summed E-state index contributed by atoms with van der Waals surface area (Å²) in [6.07, 6.45) is 5.11. The van der Waals surface area contributed by atoms with Crippen molar-refractivity contribution in [1.82, 2.24) is 5.32 Å². The molecule has 1 aromatic carbocycles. The summed E-state index contributed by atoms with van der Waals surface area (Å²) in [5, 5.41) is 3.62. The summed E-state index contributed by atoms with van der Waals surface area (Å²) in [6.45, 7) is 1.17. The SMILES string of the molecule is CN(C)c1cccc(Br)c1CC1CCCCN1. The molecule has 0 spiro atoms. The molecule has 1 N–H and O–H groups in total. The Morgan fingerprint density at radius 1 is 1.35 bits per heavy atom. The van der Waals surface area contributed by atoms with Gasteiger partial charge in [-0.15, -0.1) is 0 Å². The molecule has 1 aliphatic heterocycles. The molecule has 2 rings (SSSR count). The van der Waals surface area contributed by atoms with E-state index < -0.39 is 0 Å². The summed E-state index contributed by atoms with van der Waals surface area (Å²) in [5.74, 6) is 0. The molecule has 1 aromatic rings. The quantitative estimate of drug-likeness (QED) is 0.921. The summed E-state index contributed by atoms with van der Waals surface area (Å²) in [4.78, 5) is 2.20. The van der Waals surface area contributed by atoms with Gasteiger partial charge >= 0.3 is 0 Å². The van der Waals surface area contributed by atoms with Gasteiger partial charge in [-0.3, -0.25) is 0 Å². The fourth-order valence-electron chi connectivity index (χ4n) is 2.51. The Kier molecular flexibility index (Phi) is 4.46. The summed E-state index contributed by atoms with van der Waals surface area (Å²) >= 11 is 3.69. The van der Waals surface area contributed by atoms with Crippen LogP contribution < -0.4 is 10.2 Å². The number of nitrogens with zero attached hydrogens (tertiary/aromatic N) is 1. The van der Waals surface area contributed by atoms with Crippen LogP contribution in [0.3, 0.4) is 0 Å². The van der Waals surface area contributed by atoms with Crippen LogP contribution in [0.15, 0.2) is 22.7 Å². The molecule has 0 bridgehead atoms. The highest BCUT2D eigenvalue weighted by Gasteiger charge is 2.17. The van der Waals surface area contributed by atoms with E-state index in [9.17, 15) is 0 Å². The molecule has 1 saturated heterocycles. The Morgan fingerprint density at radius 3 is 2.82 bits per heavy atom. The second-order valence-corrected chi connectivity index (χ2v) is 5.84. The first-order chi connectivity index (χ1) is 8.18. The van der Waals surface area contributed by atoms with Gasteiger partial charge in [0.1, 0.15) is 0 Å². The van der Waals surface area contributed by atoms with Gasteiger partial charge in [0.05, 0.1) is 0 Å². The molecule has 17 heavy (non-hydrogen) atoms. The highest BCUT2D eigenvalue weighted by molar-refractivity contribution is 9.10. The molecule has 0 amide bonds. The van der Waals surface area contributed by atoms with Crippen LogP contribution >= 0.6 is 15.9 Å². The van der Waals surface area contributed by atoms with Gasteiger partial charge in [-0.05, 0) is 43.5 Å². The van der Waals surface area contributed by atoms with Crippen LogP contribution in [-0.4, -0.2) is 26.7 Å². The minimum absolute atomic E-state index is 0.640. The van der Waals surface area contributed by atoms with E-state index in [1.54, 1.807) is 0 Å². The average Bonchev–Trinajstić information content (AvgIpc) is 2.33. The second-order valence-electron chi connectivity index (χ2n) is 4.98. The maximum absolute atomic E-state index is 3.69. The predicted molar refractivity (Wildman–Crippen MR) is 77.8 cm³/mol. The van der Waals surface area contributed by atoms with Crippen LogP contribution in [0.4, 0.5) is 5.69 Å². The lowest BCUT2D eigenvalue weighted by Crippen LogP contribution is -2.36. The summed E-state index contributed by atoms with van der Waals surface area (Å²) in [5.41, 5.74) is 2.75. The average molecular weight is 297 g/mol. The molecule has 0 aromatic heterocycles. The zero-order valence-corrected chi connectivity index (χ0v) is 12.3. The third-order valence-corrected chi connectivity index (χ3v) is 4.18. The topological polar surface area (TPSA) is 15.3 Å². The van der Waals surface area contributed by atoms with E-state index in [1.165, 1.54) is 41.5 Å². The Labute approximate surface area is 113 Å². The lowest BCUT2D eigenvalue weighted by atomic mass is 9.96. The van der Waals surface area contributed by atoms with Crippen molar-refractivity contribution >= 4 is 21.6 Å². The van der Waals surface area contributed by atoms with Gasteiger partial charge in [-0.25, -0.2) is 0 Å². The summed E-state index contributed by atoms with van der Waals surface area (Å²) in [7, 11) is 4.22. The molecule has 94 valence electrons. The van der Waals surface area contributed by atoms with E-state index in [4.69, 9.17) is 0 Å². The summed E-state index contributed by atoms with van der Waals surface area (Å²) < 4.78 is 1.23. The van der Waals surface area contributed by atoms with E-state index in [2.05, 4.69) is 58.4 Å². The number of rotatable bonds is 3. The zero-order chi connectivity index (χ0) is 12.3. The monoisotopic (exact) mass is 296 g/mol. The third kappa shape index (κ3) is 3.23. The number of nitrogens with one attached hydrogen (secondary N) is 1. The molecule has 1 heterocycles. The largest absolute Gasteiger partial charge is 0.377 e. The van der Waals surface area contributed by atoms with Crippen molar-refractivity contribution in [3.63, 3.8) is 0 Å². The molecule has 3 heteroatoms. The minimum atomic E-state index is 0.640. The first kappa shape index (κ1) is 12.9. The van der Waals surface area contributed by atoms with Gasteiger partial charge in [-0.1, -0.05) is 28.4 Å². The van der Waals surface area contributed by atoms with Crippen molar-refractivity contribution in [2.24, 2.45) is 0 Å². The Bertz CT molecular complexity index is 370. The lowest BCUT2D eigenvalue weighted by molar-refractivity contribution is 0.399. The standard InChI is InChI=1S/C14H21BrN2/c1-17(2)14-8-5-7-13(15)12(14)10-11-6-3-4-9-16-11/h5,7-8,11,16H,3-4,6,9-10H2,1-2H3. The van der Waals surface area contributed by atoms with Gasteiger partial charge < -0.3 is 10.2 Å². The molecule has 1 aliphatic rings. The number of piperidine rings is 1. The number of anilines is 1. The van der Waals surface area contributed by atoms with Crippen LogP contribution in [0.5, 0.6) is 0 Å². The number of hydrogen-bond acceptors (Lipinski definition) is 2. The molecule has 0 aliphatic carbocycles. The van der Waals surface area contributed by atoms with E-state index in [-0.39, 0.29) is 0 Å². The van der Waals surface area contributed by atoms with Crippen molar-refractivity contribution in [2.75, 3.05) is 25.5 Å². The molecular weight excluding hydrogens is 276 g/mol. The van der Waals surface area contributed by atoms with Crippen LogP contribution in [-0.2, 0) is 6.42 Å². The Morgan fingerprint density at radius 2 is 2.18 bits per heavy atom. The third-order valence-electron chi connectivity index (χ3n) is 3.44. The maximum Gasteiger partial charge on any atom is 0.0405 e. The highest BCUT2D eigenvalue weighted by atomic mass is 79.9. The molecule has 0 radical (unpaired) electrons. The number of hydrogen-bond donors (Lipinski definition) is 1. The van der Waals surface area contributed by atoms with Gasteiger partial charge in [0.15, 0.2) is 0 Å². The van der Waals surface area contributed by atoms with Crippen molar-refractivity contribution in [3.8, 4) is 0 Å². The molecular formula is C14H21BrN2. The summed E-state index contributed by atoms with van der Waals surface area (Å²) in [6, 6.07) is 7.09. The van der Waals surface area contributed by atoms with Crippen molar-refractivity contribution in [1.29, 1.82) is 0 Å². The number of benzene rings is 1. The van der Waals surface area contributed by atoms with Gasteiger partial charge in [0.25, 0.3) is 0 Å². The van der Waals surface area contributed by atoms with Gasteiger partial charge in [-0.2, -0.15) is 0 Å². The number of halogens is 1. The molecule has 1 unspecified atom stereocenters. The van der Waals surface area contributed by atoms with Crippen LogP contribution in [0.2, 0.25) is 0 Å². The first-order valence-electron chi connectivity index (χ1n) is 6.36. The predicted octanol–water partition coefficient (Wildman–Crippen LogP) is 3.20. The van der Waals surface area contributed by atoms with Crippen molar-refractivity contribution < 1.29 is 0 Å². The van der Waals surface area contributed by atoms with Crippen molar-refractivity contribution in [2.45, 2.75) is 31.7 Å². The lowest BCUT2D eigenvalue weighted by Gasteiger charge is -2.26.